The molecule has 0 radical (unpaired) electrons. The number of non-ortho nitro benzene ring substituents is 1. The summed E-state index contributed by atoms with van der Waals surface area (Å²) in [6.07, 6.45) is 3.40. The number of oxime groups is 1. The Hall–Kier alpha value is -5.03. The van der Waals surface area contributed by atoms with Crippen molar-refractivity contribution in [1.29, 1.82) is 0 Å². The molecule has 41 heavy (non-hydrogen) atoms. The molecule has 210 valence electrons. The predicted octanol–water partition coefficient (Wildman–Crippen LogP) is 6.08. The number of methoxy groups -OCH3 is 1. The van der Waals surface area contributed by atoms with Crippen LogP contribution in [0.2, 0.25) is 0 Å². The molecule has 3 aromatic carbocycles. The molecule has 0 amide bonds. The topological polar surface area (TPSA) is 123 Å². The van der Waals surface area contributed by atoms with Gasteiger partial charge in [0.05, 0.1) is 11.5 Å². The Labute approximate surface area is 235 Å². The molecule has 11 nitrogen and oxygen atoms in total. The molecular weight excluding hydrogens is 526 g/mol. The number of imidazole rings is 1. The molecule has 0 saturated carbocycles. The second kappa shape index (κ2) is 11.6. The number of aryl methyl sites for hydroxylation is 2. The van der Waals surface area contributed by atoms with E-state index in [-0.39, 0.29) is 11.8 Å². The number of hydrogen-bond donors (Lipinski definition) is 0. The van der Waals surface area contributed by atoms with E-state index in [9.17, 15) is 14.9 Å². The molecule has 1 atom stereocenters. The van der Waals surface area contributed by atoms with Gasteiger partial charge < -0.3 is 14.0 Å². The number of ether oxygens (including phenoxy) is 2. The quantitative estimate of drug-likeness (QED) is 0.0935. The Morgan fingerprint density at radius 2 is 1.85 bits per heavy atom. The van der Waals surface area contributed by atoms with Crippen LogP contribution in [0, 0.1) is 17.0 Å². The van der Waals surface area contributed by atoms with Crippen LogP contribution in [-0.4, -0.2) is 50.7 Å². The van der Waals surface area contributed by atoms with Crippen LogP contribution in [0.15, 0.2) is 78.5 Å². The Kier molecular flexibility index (Phi) is 7.79. The van der Waals surface area contributed by atoms with Crippen molar-refractivity contribution in [2.75, 3.05) is 13.7 Å². The molecule has 11 heteroatoms. The maximum Gasteiger partial charge on any atom is 0.445 e. The van der Waals surface area contributed by atoms with Gasteiger partial charge in [-0.2, -0.15) is 0 Å². The number of aromatic nitrogens is 3. The number of nitro benzene ring substituents is 1. The Bertz CT molecular complexity index is 1770. The van der Waals surface area contributed by atoms with Crippen molar-refractivity contribution in [3.8, 4) is 5.75 Å². The highest BCUT2D eigenvalue weighted by Gasteiger charge is 2.19. The highest BCUT2D eigenvalue weighted by Crippen LogP contribution is 2.33. The number of benzene rings is 3. The van der Waals surface area contributed by atoms with Crippen molar-refractivity contribution in [3.63, 3.8) is 0 Å². The predicted molar refractivity (Wildman–Crippen MR) is 155 cm³/mol. The van der Waals surface area contributed by atoms with Gasteiger partial charge in [0.15, 0.2) is 0 Å². The maximum atomic E-state index is 12.6. The number of hydrogen-bond acceptors (Lipinski definition) is 8. The summed E-state index contributed by atoms with van der Waals surface area (Å²) in [6, 6.07) is 16.2. The Morgan fingerprint density at radius 3 is 2.51 bits per heavy atom. The summed E-state index contributed by atoms with van der Waals surface area (Å²) < 4.78 is 14.4. The van der Waals surface area contributed by atoms with Gasteiger partial charge in [0.2, 0.25) is 0 Å². The molecule has 0 spiro atoms. The van der Waals surface area contributed by atoms with Crippen molar-refractivity contribution in [2.24, 2.45) is 5.16 Å². The molecule has 0 aliphatic heterocycles. The van der Waals surface area contributed by atoms with Gasteiger partial charge >= 0.3 is 6.09 Å². The lowest BCUT2D eigenvalue weighted by atomic mass is 9.96. The smallest absolute Gasteiger partial charge is 0.445 e. The van der Waals surface area contributed by atoms with E-state index in [4.69, 9.17) is 14.3 Å². The second-order valence-corrected chi connectivity index (χ2v) is 9.56. The van der Waals surface area contributed by atoms with E-state index in [0.29, 0.717) is 30.2 Å². The van der Waals surface area contributed by atoms with E-state index in [2.05, 4.69) is 14.7 Å². The molecule has 5 aromatic rings. The van der Waals surface area contributed by atoms with Crippen LogP contribution in [0.1, 0.15) is 30.5 Å². The van der Waals surface area contributed by atoms with E-state index in [1.54, 1.807) is 19.2 Å². The van der Waals surface area contributed by atoms with Gasteiger partial charge in [-0.3, -0.25) is 15.0 Å². The summed E-state index contributed by atoms with van der Waals surface area (Å²) >= 11 is 0. The van der Waals surface area contributed by atoms with Crippen LogP contribution < -0.4 is 4.74 Å². The van der Waals surface area contributed by atoms with Gasteiger partial charge in [0.25, 0.3) is 5.69 Å². The summed E-state index contributed by atoms with van der Waals surface area (Å²) in [5, 5.41) is 17.4. The van der Waals surface area contributed by atoms with E-state index >= 15 is 0 Å². The minimum absolute atomic E-state index is 0.00958. The van der Waals surface area contributed by atoms with Gasteiger partial charge in [0.1, 0.15) is 23.9 Å². The first-order valence-electron chi connectivity index (χ1n) is 13.0. The summed E-state index contributed by atoms with van der Waals surface area (Å²) in [6.45, 7) is 6.99. The number of nitrogens with zero attached hydrogens (tertiary/aromatic N) is 5. The summed E-state index contributed by atoms with van der Waals surface area (Å²) in [7, 11) is 1.62. The third-order valence-electron chi connectivity index (χ3n) is 6.77. The van der Waals surface area contributed by atoms with Crippen molar-refractivity contribution < 1.29 is 24.0 Å². The summed E-state index contributed by atoms with van der Waals surface area (Å²) in [5.41, 5.74) is 4.47. The fraction of sp³-hybridized carbons (Fsp3) is 0.233. The minimum Gasteiger partial charge on any atom is -0.488 e. The Morgan fingerprint density at radius 1 is 1.10 bits per heavy atom. The lowest BCUT2D eigenvalue weighted by Crippen LogP contribution is -2.18. The monoisotopic (exact) mass is 555 g/mol. The van der Waals surface area contributed by atoms with Gasteiger partial charge in [-0.15, -0.1) is 0 Å². The summed E-state index contributed by atoms with van der Waals surface area (Å²) in [5.74, 6) is 0.666. The molecule has 0 fully saturated rings. The molecular formula is C30H29N5O6. The molecule has 0 N–H and O–H groups in total. The molecule has 0 saturated heterocycles. The average Bonchev–Trinajstić information content (AvgIpc) is 3.60. The molecule has 0 aliphatic carbocycles. The molecule has 0 bridgehead atoms. The average molecular weight is 556 g/mol. The van der Waals surface area contributed by atoms with Gasteiger partial charge in [-0.1, -0.05) is 11.2 Å². The molecule has 2 aromatic heterocycles. The number of carbonyl (C=O) groups excluding carboxylic acids is 1. The Balaban J connectivity index is 1.64. The first-order valence-corrected chi connectivity index (χ1v) is 13.0. The fourth-order valence-corrected chi connectivity index (χ4v) is 4.93. The van der Waals surface area contributed by atoms with Crippen molar-refractivity contribution >= 4 is 39.3 Å². The van der Waals surface area contributed by atoms with E-state index < -0.39 is 11.0 Å². The van der Waals surface area contributed by atoms with Crippen LogP contribution in [0.3, 0.4) is 0 Å². The van der Waals surface area contributed by atoms with Gasteiger partial charge in [-0.05, 0) is 62.7 Å². The van der Waals surface area contributed by atoms with Crippen molar-refractivity contribution in [2.45, 2.75) is 33.4 Å². The van der Waals surface area contributed by atoms with Crippen LogP contribution in [0.4, 0.5) is 10.5 Å². The number of carbonyl (C=O) groups is 1. The van der Waals surface area contributed by atoms with E-state index in [0.717, 1.165) is 32.9 Å². The largest absolute Gasteiger partial charge is 0.488 e. The van der Waals surface area contributed by atoms with Gasteiger partial charge in [-0.25, -0.2) is 14.3 Å². The first-order chi connectivity index (χ1) is 19.8. The summed E-state index contributed by atoms with van der Waals surface area (Å²) in [4.78, 5) is 33.0. The maximum absolute atomic E-state index is 12.6. The first kappa shape index (κ1) is 27.5. The van der Waals surface area contributed by atoms with Crippen molar-refractivity contribution in [3.05, 3.63) is 100 Å². The molecule has 5 rings (SSSR count). The van der Waals surface area contributed by atoms with Crippen LogP contribution in [-0.2, 0) is 16.1 Å². The molecule has 2 heterocycles. The third kappa shape index (κ3) is 5.52. The lowest BCUT2D eigenvalue weighted by molar-refractivity contribution is -0.384. The normalized spacial score (nSPS) is 12.5. The van der Waals surface area contributed by atoms with Gasteiger partial charge in [0, 0.05) is 71.1 Å². The van der Waals surface area contributed by atoms with Crippen LogP contribution in [0.5, 0.6) is 5.75 Å². The zero-order valence-electron chi connectivity index (χ0n) is 23.1. The van der Waals surface area contributed by atoms with Crippen molar-refractivity contribution in [1.82, 2.24) is 14.1 Å². The standard InChI is InChI=1S/C30H29N5O6/c1-5-34-27-10-6-21(15-25(27)26-16-22(35(37)38)7-11-28(26)34)29(32-41-30(36)33-13-12-31-18-33)24-9-8-23(14-19(24)2)40-20(3)17-39-4/h6-16,18,20H,5,17H2,1-4H3/b32-29-. The number of nitro groups is 1. The highest BCUT2D eigenvalue weighted by atomic mass is 16.7. The zero-order chi connectivity index (χ0) is 29.1. The number of rotatable bonds is 9. The highest BCUT2D eigenvalue weighted by molar-refractivity contribution is 6.17. The third-order valence-corrected chi connectivity index (χ3v) is 6.77. The zero-order valence-corrected chi connectivity index (χ0v) is 23.1. The van der Waals surface area contributed by atoms with E-state index in [1.165, 1.54) is 29.4 Å². The second-order valence-electron chi connectivity index (χ2n) is 9.56. The number of fused-ring (bicyclic) bond motifs is 3. The molecule has 1 unspecified atom stereocenters. The molecule has 0 aliphatic rings. The van der Waals surface area contributed by atoms with Crippen LogP contribution in [0.25, 0.3) is 21.8 Å². The van der Waals surface area contributed by atoms with E-state index in [1.807, 2.05) is 57.2 Å². The SMILES string of the molecule is CCn1c2ccc(/C(=N/OC(=O)n3ccnc3)c3ccc(OC(C)COC)cc3C)cc2c2cc([N+](=O)[O-])ccc21. The van der Waals surface area contributed by atoms with Crippen LogP contribution >= 0.6 is 0 Å². The fourth-order valence-electron chi connectivity index (χ4n) is 4.93. The minimum atomic E-state index is -0.717. The lowest BCUT2D eigenvalue weighted by Gasteiger charge is -2.16.